The molecule has 6 heteroatoms. The predicted molar refractivity (Wildman–Crippen MR) is 58.4 cm³/mol. The summed E-state index contributed by atoms with van der Waals surface area (Å²) in [4.78, 5) is 32.9. The third-order valence-corrected chi connectivity index (χ3v) is 2.43. The van der Waals surface area contributed by atoms with Gasteiger partial charge in [-0.1, -0.05) is 20.3 Å². The number of hydrogen-bond donors (Lipinski definition) is 2. The van der Waals surface area contributed by atoms with Crippen molar-refractivity contribution in [2.75, 3.05) is 6.61 Å². The van der Waals surface area contributed by atoms with E-state index in [1.807, 2.05) is 6.92 Å². The molecule has 98 valence electrons. The number of aliphatic carboxylic acids is 2. The van der Waals surface area contributed by atoms with Crippen molar-refractivity contribution in [3.8, 4) is 0 Å². The van der Waals surface area contributed by atoms with Crippen LogP contribution >= 0.6 is 0 Å². The number of esters is 1. The second-order valence-electron chi connectivity index (χ2n) is 3.85. The summed E-state index contributed by atoms with van der Waals surface area (Å²) in [6, 6.07) is 0. The Kier molecular flexibility index (Phi) is 6.93. The van der Waals surface area contributed by atoms with E-state index in [0.29, 0.717) is 6.42 Å². The van der Waals surface area contributed by atoms with E-state index in [1.165, 1.54) is 6.92 Å². The van der Waals surface area contributed by atoms with E-state index < -0.39 is 36.2 Å². The Morgan fingerprint density at radius 2 is 1.82 bits per heavy atom. The van der Waals surface area contributed by atoms with Gasteiger partial charge in [0.1, 0.15) is 0 Å². The fourth-order valence-electron chi connectivity index (χ4n) is 1.25. The second-order valence-corrected chi connectivity index (χ2v) is 3.85. The van der Waals surface area contributed by atoms with Gasteiger partial charge in [0, 0.05) is 0 Å². The predicted octanol–water partition coefficient (Wildman–Crippen LogP) is 1.14. The SMILES string of the molecule is CCCCOC(=O)C(CC(=O)O)C(C)C(=O)O. The van der Waals surface area contributed by atoms with Crippen molar-refractivity contribution in [3.05, 3.63) is 0 Å². The molecule has 0 fully saturated rings. The standard InChI is InChI=1S/C11H18O6/c1-3-4-5-17-11(16)8(6-9(12)13)7(2)10(14)15/h7-8H,3-6H2,1-2H3,(H,12,13)(H,14,15). The molecule has 2 atom stereocenters. The molecule has 0 saturated carbocycles. The van der Waals surface area contributed by atoms with Crippen LogP contribution in [0.4, 0.5) is 0 Å². The molecule has 0 amide bonds. The first kappa shape index (κ1) is 15.4. The number of rotatable bonds is 8. The van der Waals surface area contributed by atoms with E-state index in [1.54, 1.807) is 0 Å². The van der Waals surface area contributed by atoms with Gasteiger partial charge in [-0.2, -0.15) is 0 Å². The van der Waals surface area contributed by atoms with E-state index in [4.69, 9.17) is 14.9 Å². The van der Waals surface area contributed by atoms with E-state index in [2.05, 4.69) is 0 Å². The van der Waals surface area contributed by atoms with Gasteiger partial charge < -0.3 is 14.9 Å². The monoisotopic (exact) mass is 246 g/mol. The summed E-state index contributed by atoms with van der Waals surface area (Å²) in [5, 5.41) is 17.4. The number of carbonyl (C=O) groups is 3. The van der Waals surface area contributed by atoms with Crippen LogP contribution in [-0.2, 0) is 19.1 Å². The Hall–Kier alpha value is -1.59. The Bertz CT molecular complexity index is 286. The first-order valence-corrected chi connectivity index (χ1v) is 5.51. The summed E-state index contributed by atoms with van der Waals surface area (Å²) in [5.41, 5.74) is 0. The minimum Gasteiger partial charge on any atom is -0.481 e. The van der Waals surface area contributed by atoms with Gasteiger partial charge in [0.05, 0.1) is 24.9 Å². The van der Waals surface area contributed by atoms with E-state index in [-0.39, 0.29) is 6.61 Å². The second kappa shape index (κ2) is 7.65. The van der Waals surface area contributed by atoms with Crippen LogP contribution in [0.1, 0.15) is 33.1 Å². The fraction of sp³-hybridized carbons (Fsp3) is 0.727. The van der Waals surface area contributed by atoms with Crippen molar-refractivity contribution >= 4 is 17.9 Å². The largest absolute Gasteiger partial charge is 0.481 e. The van der Waals surface area contributed by atoms with Crippen LogP contribution in [0.3, 0.4) is 0 Å². The highest BCUT2D eigenvalue weighted by Crippen LogP contribution is 2.18. The topological polar surface area (TPSA) is 101 Å². The Morgan fingerprint density at radius 1 is 1.24 bits per heavy atom. The summed E-state index contributed by atoms with van der Waals surface area (Å²) in [6.07, 6.45) is 0.983. The van der Waals surface area contributed by atoms with Gasteiger partial charge in [-0.15, -0.1) is 0 Å². The Balaban J connectivity index is 4.50. The molecule has 2 N–H and O–H groups in total. The van der Waals surface area contributed by atoms with Gasteiger partial charge in [0.2, 0.25) is 0 Å². The van der Waals surface area contributed by atoms with Crippen molar-refractivity contribution < 1.29 is 29.3 Å². The molecular weight excluding hydrogens is 228 g/mol. The molecule has 0 aliphatic carbocycles. The number of carboxylic acids is 2. The molecule has 0 aromatic carbocycles. The number of carboxylic acid groups (broad SMARTS) is 2. The number of carbonyl (C=O) groups excluding carboxylic acids is 1. The van der Waals surface area contributed by atoms with Crippen LogP contribution in [-0.4, -0.2) is 34.7 Å². The molecule has 0 radical (unpaired) electrons. The van der Waals surface area contributed by atoms with Gasteiger partial charge in [0.25, 0.3) is 0 Å². The maximum Gasteiger partial charge on any atom is 0.310 e. The van der Waals surface area contributed by atoms with Gasteiger partial charge in [-0.05, 0) is 6.42 Å². The van der Waals surface area contributed by atoms with Gasteiger partial charge in [0.15, 0.2) is 0 Å². The average molecular weight is 246 g/mol. The molecule has 0 saturated heterocycles. The summed E-state index contributed by atoms with van der Waals surface area (Å²) in [5.74, 6) is -5.38. The van der Waals surface area contributed by atoms with Crippen molar-refractivity contribution in [1.82, 2.24) is 0 Å². The quantitative estimate of drug-likeness (QED) is 0.492. The lowest BCUT2D eigenvalue weighted by molar-refractivity contribution is -0.160. The molecule has 6 nitrogen and oxygen atoms in total. The molecule has 0 aromatic heterocycles. The summed E-state index contributed by atoms with van der Waals surface area (Å²) in [6.45, 7) is 3.41. The van der Waals surface area contributed by atoms with Crippen LogP contribution in [0, 0.1) is 11.8 Å². The van der Waals surface area contributed by atoms with Crippen molar-refractivity contribution in [2.45, 2.75) is 33.1 Å². The van der Waals surface area contributed by atoms with Crippen LogP contribution in [0.5, 0.6) is 0 Å². The zero-order chi connectivity index (χ0) is 13.4. The highest BCUT2D eigenvalue weighted by Gasteiger charge is 2.33. The van der Waals surface area contributed by atoms with E-state index >= 15 is 0 Å². The third kappa shape index (κ3) is 5.89. The number of unbranched alkanes of at least 4 members (excludes halogenated alkanes) is 1. The minimum atomic E-state index is -1.21. The lowest BCUT2D eigenvalue weighted by Crippen LogP contribution is -2.31. The molecule has 0 bridgehead atoms. The first-order valence-electron chi connectivity index (χ1n) is 5.51. The molecule has 2 unspecified atom stereocenters. The number of hydrogen-bond acceptors (Lipinski definition) is 4. The number of ether oxygens (including phenoxy) is 1. The fourth-order valence-corrected chi connectivity index (χ4v) is 1.25. The normalized spacial score (nSPS) is 13.8. The maximum absolute atomic E-state index is 11.6. The lowest BCUT2D eigenvalue weighted by atomic mass is 9.91. The molecule has 17 heavy (non-hydrogen) atoms. The van der Waals surface area contributed by atoms with Crippen molar-refractivity contribution in [3.63, 3.8) is 0 Å². The molecule has 0 aliphatic rings. The molecular formula is C11H18O6. The Labute approximate surface area is 99.6 Å². The van der Waals surface area contributed by atoms with Gasteiger partial charge >= 0.3 is 17.9 Å². The molecule has 0 aliphatic heterocycles. The highest BCUT2D eigenvalue weighted by atomic mass is 16.5. The minimum absolute atomic E-state index is 0.192. The zero-order valence-corrected chi connectivity index (χ0v) is 10.0. The summed E-state index contributed by atoms with van der Waals surface area (Å²) >= 11 is 0. The van der Waals surface area contributed by atoms with E-state index in [0.717, 1.165) is 6.42 Å². The molecule has 0 rings (SSSR count). The summed E-state index contributed by atoms with van der Waals surface area (Å²) < 4.78 is 4.85. The van der Waals surface area contributed by atoms with Crippen LogP contribution < -0.4 is 0 Å². The maximum atomic E-state index is 11.6. The van der Waals surface area contributed by atoms with Gasteiger partial charge in [-0.25, -0.2) is 0 Å². The van der Waals surface area contributed by atoms with Crippen LogP contribution in [0.15, 0.2) is 0 Å². The van der Waals surface area contributed by atoms with Gasteiger partial charge in [-0.3, -0.25) is 14.4 Å². The average Bonchev–Trinajstić information content (AvgIpc) is 2.24. The van der Waals surface area contributed by atoms with E-state index in [9.17, 15) is 14.4 Å². The Morgan fingerprint density at radius 3 is 2.24 bits per heavy atom. The summed E-state index contributed by atoms with van der Waals surface area (Å²) in [7, 11) is 0. The third-order valence-electron chi connectivity index (χ3n) is 2.43. The lowest BCUT2D eigenvalue weighted by Gasteiger charge is -2.17. The van der Waals surface area contributed by atoms with Crippen molar-refractivity contribution in [1.29, 1.82) is 0 Å². The molecule has 0 heterocycles. The zero-order valence-electron chi connectivity index (χ0n) is 10.0. The van der Waals surface area contributed by atoms with Crippen molar-refractivity contribution in [2.24, 2.45) is 11.8 Å². The first-order chi connectivity index (χ1) is 7.90. The van der Waals surface area contributed by atoms with Crippen LogP contribution in [0.25, 0.3) is 0 Å². The van der Waals surface area contributed by atoms with Crippen LogP contribution in [0.2, 0.25) is 0 Å². The molecule has 0 spiro atoms. The molecule has 0 aromatic rings. The smallest absolute Gasteiger partial charge is 0.310 e. The highest BCUT2D eigenvalue weighted by molar-refractivity contribution is 5.84.